The van der Waals surface area contributed by atoms with Gasteiger partial charge >= 0.3 is 0 Å². The summed E-state index contributed by atoms with van der Waals surface area (Å²) in [5.41, 5.74) is 1.65. The largest absolute Gasteiger partial charge is 0.311 e. The highest BCUT2D eigenvalue weighted by Crippen LogP contribution is 2.21. The Balaban J connectivity index is 2.01. The number of rotatable bonds is 3. The number of nitrogens with zero attached hydrogens (tertiary/aromatic N) is 2. The van der Waals surface area contributed by atoms with Crippen LogP contribution in [0.25, 0.3) is 0 Å². The van der Waals surface area contributed by atoms with Crippen molar-refractivity contribution in [3.05, 3.63) is 47.1 Å². The second-order valence-corrected chi connectivity index (χ2v) is 4.79. The van der Waals surface area contributed by atoms with Gasteiger partial charge in [-0.05, 0) is 23.9 Å². The van der Waals surface area contributed by atoms with Gasteiger partial charge in [-0.2, -0.15) is 9.83 Å². The molecule has 5 heteroatoms. The lowest BCUT2D eigenvalue weighted by atomic mass is 10.3. The minimum atomic E-state index is -0.136. The molecule has 0 radical (unpaired) electrons. The van der Waals surface area contributed by atoms with Crippen LogP contribution in [-0.2, 0) is 11.3 Å². The van der Waals surface area contributed by atoms with Gasteiger partial charge in [0.25, 0.3) is 5.91 Å². The average Bonchev–Trinajstić information content (AvgIpc) is 2.79. The first-order valence-corrected chi connectivity index (χ1v) is 6.30. The van der Waals surface area contributed by atoms with Crippen molar-refractivity contribution in [1.29, 1.82) is 5.26 Å². The van der Waals surface area contributed by atoms with Crippen LogP contribution in [0.15, 0.2) is 36.0 Å². The van der Waals surface area contributed by atoms with Gasteiger partial charge in [0, 0.05) is 12.1 Å². The molecule has 90 valence electrons. The Morgan fingerprint density at radius 3 is 2.83 bits per heavy atom. The lowest BCUT2D eigenvalue weighted by Crippen LogP contribution is -2.39. The molecule has 18 heavy (non-hydrogen) atoms. The van der Waals surface area contributed by atoms with Crippen LogP contribution in [-0.4, -0.2) is 5.91 Å². The molecule has 0 aliphatic rings. The molecule has 2 aromatic heterocycles. The van der Waals surface area contributed by atoms with Gasteiger partial charge in [-0.3, -0.25) is 4.79 Å². The minimum Gasteiger partial charge on any atom is -0.311 e. The van der Waals surface area contributed by atoms with Crippen LogP contribution in [0.3, 0.4) is 0 Å². The summed E-state index contributed by atoms with van der Waals surface area (Å²) in [4.78, 5) is 11.8. The van der Waals surface area contributed by atoms with E-state index in [1.165, 1.54) is 11.3 Å². The van der Waals surface area contributed by atoms with Crippen LogP contribution >= 0.6 is 11.3 Å². The van der Waals surface area contributed by atoms with Crippen molar-refractivity contribution in [2.24, 2.45) is 0 Å². The van der Waals surface area contributed by atoms with E-state index in [0.29, 0.717) is 10.6 Å². The van der Waals surface area contributed by atoms with Crippen LogP contribution in [0.5, 0.6) is 0 Å². The zero-order valence-corrected chi connectivity index (χ0v) is 10.7. The monoisotopic (exact) mass is 258 g/mol. The maximum atomic E-state index is 11.8. The highest BCUT2D eigenvalue weighted by atomic mass is 32.1. The molecule has 2 aromatic rings. The molecule has 0 atom stereocenters. The highest BCUT2D eigenvalue weighted by molar-refractivity contribution is 7.14. The SMILES string of the molecule is Cc1cc[n+](CC(=O)Nc2sccc2C#N)cc1. The summed E-state index contributed by atoms with van der Waals surface area (Å²) in [5.74, 6) is -0.136. The third-order valence-corrected chi connectivity index (χ3v) is 3.25. The summed E-state index contributed by atoms with van der Waals surface area (Å²) in [7, 11) is 0. The number of pyridine rings is 1. The van der Waals surface area contributed by atoms with Crippen LogP contribution in [0, 0.1) is 18.3 Å². The van der Waals surface area contributed by atoms with Gasteiger partial charge < -0.3 is 5.32 Å². The Kier molecular flexibility index (Phi) is 3.70. The summed E-state index contributed by atoms with van der Waals surface area (Å²) in [6.45, 7) is 2.23. The third kappa shape index (κ3) is 2.93. The summed E-state index contributed by atoms with van der Waals surface area (Å²) in [6.07, 6.45) is 3.71. The first-order valence-electron chi connectivity index (χ1n) is 5.42. The predicted molar refractivity (Wildman–Crippen MR) is 69.0 cm³/mol. The second-order valence-electron chi connectivity index (χ2n) is 3.87. The quantitative estimate of drug-likeness (QED) is 0.854. The zero-order valence-electron chi connectivity index (χ0n) is 9.88. The zero-order chi connectivity index (χ0) is 13.0. The molecule has 2 heterocycles. The number of amides is 1. The number of aryl methyl sites for hydroxylation is 1. The van der Waals surface area contributed by atoms with Gasteiger partial charge in [0.1, 0.15) is 11.1 Å². The highest BCUT2D eigenvalue weighted by Gasteiger charge is 2.12. The number of aromatic nitrogens is 1. The van der Waals surface area contributed by atoms with Crippen molar-refractivity contribution >= 4 is 22.2 Å². The average molecular weight is 258 g/mol. The molecule has 0 aromatic carbocycles. The molecule has 0 saturated carbocycles. The Bertz CT molecular complexity index is 595. The van der Waals surface area contributed by atoms with Crippen molar-refractivity contribution in [2.45, 2.75) is 13.5 Å². The molecule has 0 aliphatic heterocycles. The van der Waals surface area contributed by atoms with Crippen molar-refractivity contribution < 1.29 is 9.36 Å². The van der Waals surface area contributed by atoms with Gasteiger partial charge in [0.05, 0.1) is 5.56 Å². The standard InChI is InChI=1S/C13H11N3OS/c1-10-2-5-16(6-3-10)9-12(17)15-13-11(8-14)4-7-18-13/h2-7H,9H2,1H3/p+1. The van der Waals surface area contributed by atoms with Crippen molar-refractivity contribution in [3.63, 3.8) is 0 Å². The van der Waals surface area contributed by atoms with E-state index >= 15 is 0 Å². The van der Waals surface area contributed by atoms with E-state index < -0.39 is 0 Å². The summed E-state index contributed by atoms with van der Waals surface area (Å²) >= 11 is 1.35. The van der Waals surface area contributed by atoms with Gasteiger partial charge in [-0.25, -0.2) is 0 Å². The Morgan fingerprint density at radius 1 is 1.44 bits per heavy atom. The fourth-order valence-corrected chi connectivity index (χ4v) is 2.22. The van der Waals surface area contributed by atoms with E-state index in [0.717, 1.165) is 5.56 Å². The summed E-state index contributed by atoms with van der Waals surface area (Å²) in [6, 6.07) is 7.62. The van der Waals surface area contributed by atoms with Crippen molar-refractivity contribution in [3.8, 4) is 6.07 Å². The third-order valence-electron chi connectivity index (χ3n) is 2.42. The lowest BCUT2D eigenvalue weighted by Gasteiger charge is -2.00. The van der Waals surface area contributed by atoms with Crippen LogP contribution in [0.4, 0.5) is 5.00 Å². The maximum absolute atomic E-state index is 11.8. The number of anilines is 1. The van der Waals surface area contributed by atoms with E-state index in [4.69, 9.17) is 5.26 Å². The number of hydrogen-bond acceptors (Lipinski definition) is 3. The van der Waals surface area contributed by atoms with Crippen LogP contribution in [0.2, 0.25) is 0 Å². The topological polar surface area (TPSA) is 56.8 Å². The van der Waals surface area contributed by atoms with Gasteiger partial charge in [-0.1, -0.05) is 0 Å². The van der Waals surface area contributed by atoms with E-state index in [9.17, 15) is 4.79 Å². The summed E-state index contributed by atoms with van der Waals surface area (Å²) in [5, 5.41) is 14.0. The van der Waals surface area contributed by atoms with E-state index in [1.54, 1.807) is 16.0 Å². The molecular weight excluding hydrogens is 246 g/mol. The molecule has 1 N–H and O–H groups in total. The molecule has 0 bridgehead atoms. The lowest BCUT2D eigenvalue weighted by molar-refractivity contribution is -0.684. The molecule has 0 saturated heterocycles. The smallest absolute Gasteiger partial charge is 0.290 e. The molecule has 0 spiro atoms. The fourth-order valence-electron chi connectivity index (χ4n) is 1.46. The number of carbonyl (C=O) groups excluding carboxylic acids is 1. The summed E-state index contributed by atoms with van der Waals surface area (Å²) < 4.78 is 1.79. The number of carbonyl (C=O) groups is 1. The Hall–Kier alpha value is -2.19. The Labute approximate surface area is 109 Å². The van der Waals surface area contributed by atoms with E-state index in [1.807, 2.05) is 37.5 Å². The predicted octanol–water partition coefficient (Wildman–Crippen LogP) is 1.85. The minimum absolute atomic E-state index is 0.136. The Morgan fingerprint density at radius 2 is 2.17 bits per heavy atom. The van der Waals surface area contributed by atoms with Gasteiger partial charge in [0.15, 0.2) is 12.4 Å². The molecule has 4 nitrogen and oxygen atoms in total. The normalized spacial score (nSPS) is 9.78. The fraction of sp³-hybridized carbons (Fsp3) is 0.154. The second kappa shape index (κ2) is 5.43. The van der Waals surface area contributed by atoms with Crippen LogP contribution in [0.1, 0.15) is 11.1 Å². The molecule has 0 unspecified atom stereocenters. The van der Waals surface area contributed by atoms with Crippen LogP contribution < -0.4 is 9.88 Å². The molecular formula is C13H12N3OS+. The van der Waals surface area contributed by atoms with Gasteiger partial charge in [0.2, 0.25) is 6.54 Å². The number of thiophene rings is 1. The molecule has 2 rings (SSSR count). The first-order chi connectivity index (χ1) is 8.69. The molecule has 1 amide bonds. The van der Waals surface area contributed by atoms with E-state index in [-0.39, 0.29) is 12.5 Å². The number of nitriles is 1. The van der Waals surface area contributed by atoms with E-state index in [2.05, 4.69) is 5.32 Å². The van der Waals surface area contributed by atoms with Crippen molar-refractivity contribution in [2.75, 3.05) is 5.32 Å². The molecule has 0 fully saturated rings. The maximum Gasteiger partial charge on any atom is 0.290 e. The number of hydrogen-bond donors (Lipinski definition) is 1. The van der Waals surface area contributed by atoms with Gasteiger partial charge in [-0.15, -0.1) is 11.3 Å². The first kappa shape index (κ1) is 12.3. The number of nitrogens with one attached hydrogen (secondary N) is 1. The van der Waals surface area contributed by atoms with Crippen molar-refractivity contribution in [1.82, 2.24) is 0 Å². The molecule has 0 aliphatic carbocycles.